The molecule has 0 spiro atoms. The topological polar surface area (TPSA) is 63.0 Å². The first-order valence-corrected chi connectivity index (χ1v) is 13.2. The predicted molar refractivity (Wildman–Crippen MR) is 55.0 cm³/mol. The van der Waals surface area contributed by atoms with E-state index in [0.29, 0.717) is 0 Å². The molecule has 0 aromatic rings. The van der Waals surface area contributed by atoms with Crippen molar-refractivity contribution >= 4 is 65.1 Å². The Morgan fingerprint density at radius 3 is 0.833 bits per heavy atom. The van der Waals surface area contributed by atoms with E-state index < -0.39 is 0 Å². The lowest BCUT2D eigenvalue weighted by molar-refractivity contribution is 0.823. The van der Waals surface area contributed by atoms with Crippen molar-refractivity contribution < 1.29 is 11.0 Å². The Morgan fingerprint density at radius 1 is 0.833 bits per heavy atom. The standard InChI is InChI=1S/Al.3HI.2H2O/h;3*1H;2*1H2/q+3;;;;;/p-3. The zero-order valence-electron chi connectivity index (χ0n) is 2.71. The van der Waals surface area contributed by atoms with Crippen LogP contribution in [0.1, 0.15) is 0 Å². The van der Waals surface area contributed by atoms with Gasteiger partial charge in [0.15, 0.2) is 0 Å². The van der Waals surface area contributed by atoms with Gasteiger partial charge in [-0.05, 0) is 0 Å². The molecule has 0 bridgehead atoms. The minimum atomic E-state index is -0.229. The molecule has 0 aromatic heterocycles. The maximum Gasteiger partial charge on any atom is 0.524 e. The maximum atomic E-state index is 2.46. The summed E-state index contributed by atoms with van der Waals surface area (Å²) in [6.45, 7) is 0. The molecule has 6 heavy (non-hydrogen) atoms. The van der Waals surface area contributed by atoms with Gasteiger partial charge >= 0.3 is 4.30 Å². The first-order chi connectivity index (χ1) is 1.73. The normalized spacial score (nSPS) is 4.50. The molecule has 0 amide bonds. The summed E-state index contributed by atoms with van der Waals surface area (Å²) in [5.74, 6) is 0. The highest BCUT2D eigenvalue weighted by Gasteiger charge is 1.94. The van der Waals surface area contributed by atoms with Crippen LogP contribution < -0.4 is 0 Å². The van der Waals surface area contributed by atoms with E-state index in [2.05, 4.69) is 60.8 Å². The van der Waals surface area contributed by atoms with E-state index in [9.17, 15) is 0 Å². The highest BCUT2D eigenvalue weighted by Crippen LogP contribution is 2.10. The van der Waals surface area contributed by atoms with Gasteiger partial charge in [-0.1, -0.05) is 0 Å². The van der Waals surface area contributed by atoms with Crippen molar-refractivity contribution in [2.45, 2.75) is 0 Å². The van der Waals surface area contributed by atoms with Crippen molar-refractivity contribution in [1.82, 2.24) is 0 Å². The van der Waals surface area contributed by atoms with E-state index in [1.54, 1.807) is 0 Å². The molecule has 2 nitrogen and oxygen atoms in total. The van der Waals surface area contributed by atoms with Crippen molar-refractivity contribution in [3.8, 4) is 0 Å². The Balaban J connectivity index is -0.0000000450. The van der Waals surface area contributed by atoms with E-state index in [4.69, 9.17) is 0 Å². The summed E-state index contributed by atoms with van der Waals surface area (Å²) in [6.07, 6.45) is 0. The second-order valence-electron chi connectivity index (χ2n) is 0.247. The Bertz CT molecular complexity index is 13.5. The summed E-state index contributed by atoms with van der Waals surface area (Å²) >= 11 is 7.37. The van der Waals surface area contributed by atoms with Gasteiger partial charge in [0.25, 0.3) is 0 Å². The van der Waals surface area contributed by atoms with Gasteiger partial charge < -0.3 is 11.0 Å². The summed E-state index contributed by atoms with van der Waals surface area (Å²) in [6, 6.07) is 0. The van der Waals surface area contributed by atoms with Crippen molar-refractivity contribution in [3.63, 3.8) is 0 Å². The van der Waals surface area contributed by atoms with Gasteiger partial charge in [-0.15, -0.1) is 0 Å². The second-order valence-corrected chi connectivity index (χ2v) is 33.4. The van der Waals surface area contributed by atoms with Gasteiger partial charge in [0.2, 0.25) is 0 Å². The molecule has 0 unspecified atom stereocenters. The monoisotopic (exact) mass is 444 g/mol. The van der Waals surface area contributed by atoms with Crippen molar-refractivity contribution in [2.75, 3.05) is 0 Å². The van der Waals surface area contributed by atoms with Crippen LogP contribution in [0.15, 0.2) is 0 Å². The summed E-state index contributed by atoms with van der Waals surface area (Å²) in [4.78, 5) is 0. The molecular formula is H4AlI3O2. The lowest BCUT2D eigenvalue weighted by atomic mass is 16.0. The van der Waals surface area contributed by atoms with Gasteiger partial charge in [0, 0.05) is 0 Å². The zero-order valence-corrected chi connectivity index (χ0v) is 10.3. The minimum absolute atomic E-state index is 0. The fraction of sp³-hybridized carbons (Fsp3) is 0. The summed E-state index contributed by atoms with van der Waals surface area (Å²) < 4.78 is -0.229. The maximum absolute atomic E-state index is 2.46. The molecule has 0 aromatic carbocycles. The number of halogens is 3. The second kappa shape index (κ2) is 10.6. The molecule has 0 fully saturated rings. The van der Waals surface area contributed by atoms with Gasteiger partial charge in [-0.25, -0.2) is 0 Å². The molecule has 0 radical (unpaired) electrons. The van der Waals surface area contributed by atoms with Crippen LogP contribution in [-0.4, -0.2) is 15.3 Å². The predicted octanol–water partition coefficient (Wildman–Crippen LogP) is 0.627. The van der Waals surface area contributed by atoms with Crippen LogP contribution in [0, 0.1) is 0 Å². The van der Waals surface area contributed by atoms with Gasteiger partial charge in [-0.2, -0.15) is 60.8 Å². The molecule has 0 rings (SSSR count). The molecular weight excluding hydrogens is 440 g/mol. The molecule has 40 valence electrons. The van der Waals surface area contributed by atoms with Crippen LogP contribution >= 0.6 is 60.8 Å². The fourth-order valence-electron chi connectivity index (χ4n) is 0. The van der Waals surface area contributed by atoms with Crippen molar-refractivity contribution in [2.24, 2.45) is 0 Å². The van der Waals surface area contributed by atoms with E-state index in [0.717, 1.165) is 0 Å². The zero-order chi connectivity index (χ0) is 3.58. The molecule has 0 saturated heterocycles. The first kappa shape index (κ1) is 15.9. The van der Waals surface area contributed by atoms with Crippen molar-refractivity contribution in [3.05, 3.63) is 0 Å². The van der Waals surface area contributed by atoms with Crippen LogP contribution in [0.4, 0.5) is 0 Å². The average molecular weight is 444 g/mol. The highest BCUT2D eigenvalue weighted by molar-refractivity contribution is 14.4. The SMILES string of the molecule is O.O.[I][Al]([I])[I]. The van der Waals surface area contributed by atoms with Gasteiger partial charge in [0.1, 0.15) is 0 Å². The van der Waals surface area contributed by atoms with Crippen LogP contribution in [0.5, 0.6) is 0 Å². The molecule has 6 heteroatoms. The number of hydrogen-bond donors (Lipinski definition) is 0. The average Bonchev–Trinajstić information content (AvgIpc) is 0.811. The van der Waals surface area contributed by atoms with Crippen LogP contribution in [0.3, 0.4) is 0 Å². The molecule has 0 aliphatic heterocycles. The molecule has 0 aliphatic carbocycles. The fourth-order valence-corrected chi connectivity index (χ4v) is 0. The highest BCUT2D eigenvalue weighted by atomic mass is 127. The third-order valence-electron chi connectivity index (χ3n) is 0. The number of rotatable bonds is 0. The van der Waals surface area contributed by atoms with Crippen LogP contribution in [-0.2, 0) is 0 Å². The van der Waals surface area contributed by atoms with Gasteiger partial charge in [-0.3, -0.25) is 0 Å². The van der Waals surface area contributed by atoms with E-state index >= 15 is 0 Å². The third kappa shape index (κ3) is 30.3. The molecule has 0 atom stereocenters. The first-order valence-electron chi connectivity index (χ1n) is 0.655. The third-order valence-corrected chi connectivity index (χ3v) is 0. The van der Waals surface area contributed by atoms with E-state index in [-0.39, 0.29) is 15.3 Å². The lowest BCUT2D eigenvalue weighted by Gasteiger charge is -1.59. The minimum Gasteiger partial charge on any atom is -0.412 e. The molecule has 4 N–H and O–H groups in total. The Kier molecular flexibility index (Phi) is 28.0. The summed E-state index contributed by atoms with van der Waals surface area (Å²) in [5.41, 5.74) is 0. The largest absolute Gasteiger partial charge is 0.524 e. The molecule has 0 heterocycles. The number of hydrogen-bond acceptors (Lipinski definition) is 0. The summed E-state index contributed by atoms with van der Waals surface area (Å²) in [7, 11) is 0. The van der Waals surface area contributed by atoms with E-state index in [1.165, 1.54) is 0 Å². The Labute approximate surface area is 74.5 Å². The smallest absolute Gasteiger partial charge is 0.412 e. The lowest BCUT2D eigenvalue weighted by Crippen LogP contribution is -1.59. The molecule has 0 saturated carbocycles. The Morgan fingerprint density at radius 2 is 0.833 bits per heavy atom. The van der Waals surface area contributed by atoms with E-state index in [1.807, 2.05) is 0 Å². The van der Waals surface area contributed by atoms with Crippen molar-refractivity contribution in [1.29, 1.82) is 0 Å². The van der Waals surface area contributed by atoms with Crippen LogP contribution in [0.2, 0.25) is 0 Å². The molecule has 0 aliphatic rings. The quantitative estimate of drug-likeness (QED) is 0.389. The summed E-state index contributed by atoms with van der Waals surface area (Å²) in [5, 5.41) is 0. The van der Waals surface area contributed by atoms with Gasteiger partial charge in [0.05, 0.1) is 0 Å². The Hall–Kier alpha value is 2.64. The van der Waals surface area contributed by atoms with Crippen LogP contribution in [0.25, 0.3) is 0 Å².